The molecule has 0 aromatic heterocycles. The molecular formula is C45H72N4O19. The van der Waals surface area contributed by atoms with Crippen molar-refractivity contribution < 1.29 is 90.7 Å². The fourth-order valence-electron chi connectivity index (χ4n) is 5.73. The van der Waals surface area contributed by atoms with Crippen LogP contribution in [0, 0.1) is 11.8 Å². The summed E-state index contributed by atoms with van der Waals surface area (Å²) in [6.07, 6.45) is -0.942. The maximum absolute atomic E-state index is 13.4. The monoisotopic (exact) mass is 972 g/mol. The van der Waals surface area contributed by atoms with E-state index < -0.39 is 48.9 Å². The van der Waals surface area contributed by atoms with E-state index in [2.05, 4.69) is 22.5 Å². The highest BCUT2D eigenvalue weighted by molar-refractivity contribution is 6.06. The lowest BCUT2D eigenvalue weighted by molar-refractivity contribution is -0.141. The summed E-state index contributed by atoms with van der Waals surface area (Å²) >= 11 is 0. The molecule has 0 unspecified atom stereocenters. The number of amides is 5. The molecule has 5 amide bonds. The normalized spacial score (nSPS) is 13.0. The van der Waals surface area contributed by atoms with Gasteiger partial charge >= 0.3 is 12.0 Å². The van der Waals surface area contributed by atoms with Crippen LogP contribution in [0.25, 0.3) is 0 Å². The number of ether oxygens (including phenoxy) is 13. The summed E-state index contributed by atoms with van der Waals surface area (Å²) in [4.78, 5) is 65.3. The number of nitrogens with zero attached hydrogens (tertiary/aromatic N) is 2. The molecular weight excluding hydrogens is 901 g/mol. The van der Waals surface area contributed by atoms with Crippen LogP contribution in [0.5, 0.6) is 5.75 Å². The largest absolute Gasteiger partial charge is 0.495 e. The van der Waals surface area contributed by atoms with Crippen molar-refractivity contribution >= 4 is 35.4 Å². The summed E-state index contributed by atoms with van der Waals surface area (Å²) in [6, 6.07) is 2.85. The number of aliphatic carboxylic acids is 1. The van der Waals surface area contributed by atoms with Crippen molar-refractivity contribution in [2.24, 2.45) is 0 Å². The maximum atomic E-state index is 13.4. The standard InChI is InChI=1S/C45H72N4O19/c1-4-5-37-6-7-40(57-3)39(34-37)48-10-8-42(51)49(45(48)55)36-46-44(54)38(35-43(52)53)47-41(50)9-11-58-14-15-60-18-19-62-22-23-64-26-27-66-30-31-68-33-32-67-29-28-65-25-24-63-21-20-61-17-16-59-13-12-56-2/h6-7,34,38H,8-33,35-36H2,1-3H3,(H,46,54)(H,47,50)(H,52,53)/t38-/m0/s1. The minimum atomic E-state index is -1.48. The number of nitrogens with one attached hydrogen (secondary N) is 2. The summed E-state index contributed by atoms with van der Waals surface area (Å²) in [6.45, 7) is 10.8. The third kappa shape index (κ3) is 28.7. The van der Waals surface area contributed by atoms with E-state index in [9.17, 15) is 29.1 Å². The van der Waals surface area contributed by atoms with Gasteiger partial charge in [0.25, 0.3) is 0 Å². The van der Waals surface area contributed by atoms with Crippen LogP contribution in [-0.2, 0) is 76.0 Å². The van der Waals surface area contributed by atoms with E-state index in [4.69, 9.17) is 61.6 Å². The Bertz CT molecular complexity index is 1610. The van der Waals surface area contributed by atoms with Crippen LogP contribution in [0.3, 0.4) is 0 Å². The molecule has 68 heavy (non-hydrogen) atoms. The Balaban J connectivity index is 1.40. The summed E-state index contributed by atoms with van der Waals surface area (Å²) in [7, 11) is 3.08. The predicted octanol–water partition coefficient (Wildman–Crippen LogP) is 0.478. The minimum absolute atomic E-state index is 0.0158. The molecule has 23 nitrogen and oxygen atoms in total. The third-order valence-electron chi connectivity index (χ3n) is 9.12. The van der Waals surface area contributed by atoms with Crippen LogP contribution in [0.1, 0.15) is 31.7 Å². The van der Waals surface area contributed by atoms with Gasteiger partial charge in [-0.15, -0.1) is 5.92 Å². The van der Waals surface area contributed by atoms with Crippen LogP contribution < -0.4 is 20.3 Å². The molecule has 2 rings (SSSR count). The Morgan fingerprint density at radius 3 is 1.47 bits per heavy atom. The molecule has 1 atom stereocenters. The Kier molecular flexibility index (Phi) is 35.3. The molecule has 1 fully saturated rings. The van der Waals surface area contributed by atoms with Gasteiger partial charge < -0.3 is 77.3 Å². The molecule has 0 bridgehead atoms. The topological polar surface area (TPSA) is 256 Å². The summed E-state index contributed by atoms with van der Waals surface area (Å²) in [5.74, 6) is 2.67. The number of imide groups is 1. The van der Waals surface area contributed by atoms with E-state index in [1.165, 1.54) is 12.0 Å². The van der Waals surface area contributed by atoms with Gasteiger partial charge in [-0.05, 0) is 25.1 Å². The van der Waals surface area contributed by atoms with Gasteiger partial charge in [0, 0.05) is 32.1 Å². The number of hydrogen-bond donors (Lipinski definition) is 3. The number of anilines is 1. The number of urea groups is 1. The molecule has 3 N–H and O–H groups in total. The van der Waals surface area contributed by atoms with Crippen molar-refractivity contribution in [2.75, 3.05) is 184 Å². The van der Waals surface area contributed by atoms with Gasteiger partial charge in [0.15, 0.2) is 0 Å². The third-order valence-corrected chi connectivity index (χ3v) is 9.12. The van der Waals surface area contributed by atoms with Crippen LogP contribution in [-0.4, -0.2) is 225 Å². The average molecular weight is 973 g/mol. The zero-order valence-corrected chi connectivity index (χ0v) is 39.8. The van der Waals surface area contributed by atoms with Crippen molar-refractivity contribution in [3.05, 3.63) is 23.8 Å². The fourth-order valence-corrected chi connectivity index (χ4v) is 5.73. The van der Waals surface area contributed by atoms with Crippen molar-refractivity contribution in [3.63, 3.8) is 0 Å². The molecule has 1 aliphatic rings. The molecule has 1 aliphatic heterocycles. The van der Waals surface area contributed by atoms with Gasteiger partial charge in [-0.1, -0.05) is 5.92 Å². The van der Waals surface area contributed by atoms with Gasteiger partial charge in [-0.2, -0.15) is 0 Å². The molecule has 1 saturated heterocycles. The summed E-state index contributed by atoms with van der Waals surface area (Å²) in [5, 5.41) is 14.2. The SMILES string of the molecule is CC#Cc1ccc(OC)c(N2CCC(=O)N(CNC(=O)[C@H](CC(=O)O)NC(=O)CCOCCOCCOCCOCCOCCOCCOCCOCCOCCOCCOCCOC)C2=O)c1. The number of hydrogen-bond acceptors (Lipinski definition) is 18. The molecule has 23 heteroatoms. The first kappa shape index (κ1) is 59.6. The van der Waals surface area contributed by atoms with E-state index >= 15 is 0 Å². The lowest BCUT2D eigenvalue weighted by Gasteiger charge is -2.35. The zero-order chi connectivity index (χ0) is 49.3. The van der Waals surface area contributed by atoms with Crippen molar-refractivity contribution in [3.8, 4) is 17.6 Å². The number of carbonyl (C=O) groups excluding carboxylic acids is 4. The molecule has 0 saturated carbocycles. The number of carboxylic acids is 1. The van der Waals surface area contributed by atoms with Gasteiger partial charge in [0.2, 0.25) is 17.7 Å². The molecule has 0 aliphatic carbocycles. The highest BCUT2D eigenvalue weighted by Crippen LogP contribution is 2.31. The highest BCUT2D eigenvalue weighted by atomic mass is 16.6. The molecule has 1 aromatic rings. The van der Waals surface area contributed by atoms with Gasteiger partial charge in [0.05, 0.1) is 171 Å². The number of methoxy groups -OCH3 is 2. The summed E-state index contributed by atoms with van der Waals surface area (Å²) < 4.78 is 70.2. The van der Waals surface area contributed by atoms with Crippen LogP contribution in [0.2, 0.25) is 0 Å². The first-order valence-electron chi connectivity index (χ1n) is 22.6. The summed E-state index contributed by atoms with van der Waals surface area (Å²) in [5.41, 5.74) is 1.02. The lowest BCUT2D eigenvalue weighted by Crippen LogP contribution is -2.57. The maximum Gasteiger partial charge on any atom is 0.332 e. The van der Waals surface area contributed by atoms with Crippen LogP contribution >= 0.6 is 0 Å². The van der Waals surface area contributed by atoms with Gasteiger partial charge in [0.1, 0.15) is 18.5 Å². The van der Waals surface area contributed by atoms with Crippen molar-refractivity contribution in [1.82, 2.24) is 15.5 Å². The second kappa shape index (κ2) is 40.3. The lowest BCUT2D eigenvalue weighted by atomic mass is 10.1. The fraction of sp³-hybridized carbons (Fsp3) is 0.711. The van der Waals surface area contributed by atoms with Crippen LogP contribution in [0.4, 0.5) is 10.5 Å². The molecule has 386 valence electrons. The molecule has 1 heterocycles. The van der Waals surface area contributed by atoms with E-state index in [1.807, 2.05) is 0 Å². The molecule has 0 radical (unpaired) electrons. The number of carboxylic acid groups (broad SMARTS) is 1. The van der Waals surface area contributed by atoms with E-state index in [-0.39, 0.29) is 39.2 Å². The first-order valence-corrected chi connectivity index (χ1v) is 22.6. The Hall–Kier alpha value is -4.55. The Morgan fingerprint density at radius 1 is 0.647 bits per heavy atom. The van der Waals surface area contributed by atoms with Gasteiger partial charge in [-0.3, -0.25) is 24.1 Å². The minimum Gasteiger partial charge on any atom is -0.495 e. The van der Waals surface area contributed by atoms with Crippen molar-refractivity contribution in [1.29, 1.82) is 0 Å². The Labute approximate surface area is 398 Å². The zero-order valence-electron chi connectivity index (χ0n) is 39.8. The van der Waals surface area contributed by atoms with Gasteiger partial charge in [-0.25, -0.2) is 9.69 Å². The Morgan fingerprint density at radius 2 is 1.07 bits per heavy atom. The highest BCUT2D eigenvalue weighted by Gasteiger charge is 2.35. The number of benzene rings is 1. The second-order valence-corrected chi connectivity index (χ2v) is 14.2. The average Bonchev–Trinajstić information content (AvgIpc) is 3.32. The second-order valence-electron chi connectivity index (χ2n) is 14.2. The number of carbonyl (C=O) groups is 5. The predicted molar refractivity (Wildman–Crippen MR) is 242 cm³/mol. The van der Waals surface area contributed by atoms with E-state index in [1.54, 1.807) is 32.2 Å². The smallest absolute Gasteiger partial charge is 0.332 e. The first-order chi connectivity index (χ1) is 33.2. The van der Waals surface area contributed by atoms with Crippen molar-refractivity contribution in [2.45, 2.75) is 32.2 Å². The number of rotatable bonds is 44. The quantitative estimate of drug-likeness (QED) is 0.0594. The molecule has 1 aromatic carbocycles. The molecule has 0 spiro atoms. The van der Waals surface area contributed by atoms with Crippen LogP contribution in [0.15, 0.2) is 18.2 Å². The van der Waals surface area contributed by atoms with E-state index in [0.717, 1.165) is 4.90 Å². The van der Waals surface area contributed by atoms with E-state index in [0.29, 0.717) is 149 Å².